The fraction of sp³-hybridized carbons (Fsp3) is 0.562. The standard InChI is InChI=1S/C16H24N2O4S/c1-11-10-14(8-9-15(11)22-3)23(20,21)18-12(2)16(19)17-13-6-4-5-7-13/h8-10,12-13,18H,4-7H2,1-3H3,(H,17,19)/t12-/m1/s1. The first-order valence-corrected chi connectivity index (χ1v) is 9.29. The molecule has 0 bridgehead atoms. The topological polar surface area (TPSA) is 84.5 Å². The summed E-state index contributed by atoms with van der Waals surface area (Å²) in [4.78, 5) is 12.2. The van der Waals surface area contributed by atoms with Gasteiger partial charge in [0.2, 0.25) is 15.9 Å². The Labute approximate surface area is 137 Å². The largest absolute Gasteiger partial charge is 0.496 e. The minimum atomic E-state index is -3.75. The zero-order valence-corrected chi connectivity index (χ0v) is 14.6. The maximum absolute atomic E-state index is 12.4. The molecule has 0 radical (unpaired) electrons. The van der Waals surface area contributed by atoms with E-state index in [-0.39, 0.29) is 16.8 Å². The summed E-state index contributed by atoms with van der Waals surface area (Å²) in [6.07, 6.45) is 4.14. The van der Waals surface area contributed by atoms with Gasteiger partial charge in [-0.1, -0.05) is 12.8 Å². The molecule has 0 spiro atoms. The van der Waals surface area contributed by atoms with E-state index in [9.17, 15) is 13.2 Å². The van der Waals surface area contributed by atoms with Crippen LogP contribution in [-0.4, -0.2) is 33.5 Å². The van der Waals surface area contributed by atoms with Gasteiger partial charge >= 0.3 is 0 Å². The van der Waals surface area contributed by atoms with E-state index >= 15 is 0 Å². The molecule has 0 saturated heterocycles. The van der Waals surface area contributed by atoms with Gasteiger partial charge in [-0.3, -0.25) is 4.79 Å². The summed E-state index contributed by atoms with van der Waals surface area (Å²) < 4.78 is 32.4. The second-order valence-corrected chi connectivity index (χ2v) is 7.68. The Hall–Kier alpha value is -1.60. The van der Waals surface area contributed by atoms with Crippen molar-refractivity contribution in [2.24, 2.45) is 0 Å². The number of hydrogen-bond donors (Lipinski definition) is 2. The van der Waals surface area contributed by atoms with Gasteiger partial charge in [-0.05, 0) is 50.5 Å². The van der Waals surface area contributed by atoms with E-state index < -0.39 is 16.1 Å². The third kappa shape index (κ3) is 4.45. The van der Waals surface area contributed by atoms with Crippen molar-refractivity contribution in [1.82, 2.24) is 10.0 Å². The molecule has 0 heterocycles. The number of benzene rings is 1. The lowest BCUT2D eigenvalue weighted by molar-refractivity contribution is -0.123. The second kappa shape index (κ2) is 7.31. The SMILES string of the molecule is COc1ccc(S(=O)(=O)N[C@H](C)C(=O)NC2CCCC2)cc1C. The summed E-state index contributed by atoms with van der Waals surface area (Å²) in [5.41, 5.74) is 0.721. The van der Waals surface area contributed by atoms with Crippen molar-refractivity contribution in [1.29, 1.82) is 0 Å². The number of ether oxygens (including phenoxy) is 1. The van der Waals surface area contributed by atoms with Gasteiger partial charge in [-0.2, -0.15) is 4.72 Å². The van der Waals surface area contributed by atoms with E-state index in [1.54, 1.807) is 19.9 Å². The normalized spacial score (nSPS) is 17.0. The Morgan fingerprint density at radius 2 is 1.96 bits per heavy atom. The van der Waals surface area contributed by atoms with Crippen LogP contribution in [0.5, 0.6) is 5.75 Å². The van der Waals surface area contributed by atoms with Gasteiger partial charge in [0.1, 0.15) is 5.75 Å². The molecule has 1 aliphatic rings. The van der Waals surface area contributed by atoms with Crippen LogP contribution >= 0.6 is 0 Å². The van der Waals surface area contributed by atoms with Crippen LogP contribution in [0.2, 0.25) is 0 Å². The van der Waals surface area contributed by atoms with Gasteiger partial charge in [0.05, 0.1) is 18.0 Å². The number of aryl methyl sites for hydroxylation is 1. The first-order valence-electron chi connectivity index (χ1n) is 7.81. The number of rotatable bonds is 6. The average Bonchev–Trinajstić information content (AvgIpc) is 2.99. The molecule has 1 amide bonds. The lowest BCUT2D eigenvalue weighted by Gasteiger charge is -2.18. The van der Waals surface area contributed by atoms with Gasteiger partial charge in [0.25, 0.3) is 0 Å². The monoisotopic (exact) mass is 340 g/mol. The van der Waals surface area contributed by atoms with E-state index in [0.717, 1.165) is 31.2 Å². The van der Waals surface area contributed by atoms with Gasteiger partial charge in [-0.25, -0.2) is 8.42 Å². The van der Waals surface area contributed by atoms with Gasteiger partial charge in [0.15, 0.2) is 0 Å². The van der Waals surface area contributed by atoms with Crippen molar-refractivity contribution >= 4 is 15.9 Å². The van der Waals surface area contributed by atoms with Gasteiger partial charge < -0.3 is 10.1 Å². The van der Waals surface area contributed by atoms with Crippen molar-refractivity contribution in [3.05, 3.63) is 23.8 Å². The second-order valence-electron chi connectivity index (χ2n) is 5.96. The number of amides is 1. The molecule has 1 aromatic rings. The molecule has 6 nitrogen and oxygen atoms in total. The van der Waals surface area contributed by atoms with Crippen molar-refractivity contribution in [2.45, 2.75) is 56.5 Å². The highest BCUT2D eigenvalue weighted by Crippen LogP contribution is 2.21. The van der Waals surface area contributed by atoms with Crippen LogP contribution in [-0.2, 0) is 14.8 Å². The van der Waals surface area contributed by atoms with Gasteiger partial charge in [-0.15, -0.1) is 0 Å². The summed E-state index contributed by atoms with van der Waals surface area (Å²) >= 11 is 0. The van der Waals surface area contributed by atoms with E-state index in [2.05, 4.69) is 10.0 Å². The fourth-order valence-electron chi connectivity index (χ4n) is 2.77. The van der Waals surface area contributed by atoms with Gasteiger partial charge in [0, 0.05) is 6.04 Å². The van der Waals surface area contributed by atoms with Crippen LogP contribution in [0, 0.1) is 6.92 Å². The zero-order valence-electron chi connectivity index (χ0n) is 13.8. The summed E-state index contributed by atoms with van der Waals surface area (Å²) in [6.45, 7) is 3.33. The Morgan fingerprint density at radius 3 is 2.52 bits per heavy atom. The Morgan fingerprint density at radius 1 is 1.30 bits per heavy atom. The molecule has 1 fully saturated rings. The molecule has 0 aromatic heterocycles. The quantitative estimate of drug-likeness (QED) is 0.826. The average molecular weight is 340 g/mol. The molecule has 128 valence electrons. The number of methoxy groups -OCH3 is 1. The molecule has 1 atom stereocenters. The van der Waals surface area contributed by atoms with Crippen molar-refractivity contribution in [3.8, 4) is 5.75 Å². The predicted octanol–water partition coefficient (Wildman–Crippen LogP) is 1.73. The van der Waals surface area contributed by atoms with E-state index in [1.165, 1.54) is 19.2 Å². The molecular weight excluding hydrogens is 316 g/mol. The van der Waals surface area contributed by atoms with E-state index in [1.807, 2.05) is 0 Å². The molecule has 23 heavy (non-hydrogen) atoms. The lowest BCUT2D eigenvalue weighted by atomic mass is 10.2. The van der Waals surface area contributed by atoms with Crippen LogP contribution < -0.4 is 14.8 Å². The summed E-state index contributed by atoms with van der Waals surface area (Å²) in [5, 5.41) is 2.90. The molecule has 1 saturated carbocycles. The maximum atomic E-state index is 12.4. The van der Waals surface area contributed by atoms with Crippen molar-refractivity contribution in [3.63, 3.8) is 0 Å². The van der Waals surface area contributed by atoms with Crippen molar-refractivity contribution < 1.29 is 17.9 Å². The number of carbonyl (C=O) groups is 1. The van der Waals surface area contributed by atoms with Crippen LogP contribution in [0.25, 0.3) is 0 Å². The number of carbonyl (C=O) groups excluding carboxylic acids is 1. The van der Waals surface area contributed by atoms with E-state index in [4.69, 9.17) is 4.74 Å². The first-order chi connectivity index (χ1) is 10.8. The maximum Gasteiger partial charge on any atom is 0.241 e. The Bertz CT molecular complexity index is 667. The lowest BCUT2D eigenvalue weighted by Crippen LogP contribution is -2.47. The molecule has 1 aromatic carbocycles. The Balaban J connectivity index is 2.04. The van der Waals surface area contributed by atoms with E-state index in [0.29, 0.717) is 5.75 Å². The minimum absolute atomic E-state index is 0.122. The molecule has 1 aliphatic carbocycles. The highest BCUT2D eigenvalue weighted by atomic mass is 32.2. The number of sulfonamides is 1. The highest BCUT2D eigenvalue weighted by Gasteiger charge is 2.25. The number of hydrogen-bond acceptors (Lipinski definition) is 4. The third-order valence-electron chi connectivity index (χ3n) is 4.10. The van der Waals surface area contributed by atoms with Crippen LogP contribution in [0.3, 0.4) is 0 Å². The summed E-state index contributed by atoms with van der Waals surface area (Å²) in [6, 6.07) is 3.95. The third-order valence-corrected chi connectivity index (χ3v) is 5.64. The fourth-order valence-corrected chi connectivity index (χ4v) is 4.06. The summed E-state index contributed by atoms with van der Waals surface area (Å²) in [7, 11) is -2.22. The van der Waals surface area contributed by atoms with Crippen LogP contribution in [0.15, 0.2) is 23.1 Å². The van der Waals surface area contributed by atoms with Crippen molar-refractivity contribution in [2.75, 3.05) is 7.11 Å². The molecule has 2 rings (SSSR count). The van der Waals surface area contributed by atoms with Crippen LogP contribution in [0.4, 0.5) is 0 Å². The zero-order chi connectivity index (χ0) is 17.0. The Kier molecular flexibility index (Phi) is 5.64. The van der Waals surface area contributed by atoms with Crippen LogP contribution in [0.1, 0.15) is 38.2 Å². The first kappa shape index (κ1) is 17.7. The highest BCUT2D eigenvalue weighted by molar-refractivity contribution is 7.89. The molecule has 7 heteroatoms. The predicted molar refractivity (Wildman–Crippen MR) is 87.9 cm³/mol. The summed E-state index contributed by atoms with van der Waals surface area (Å²) in [5.74, 6) is 0.335. The molecular formula is C16H24N2O4S. The molecule has 0 unspecified atom stereocenters. The smallest absolute Gasteiger partial charge is 0.241 e. The number of nitrogens with one attached hydrogen (secondary N) is 2. The molecule has 2 N–H and O–H groups in total. The minimum Gasteiger partial charge on any atom is -0.496 e. The molecule has 0 aliphatic heterocycles.